The number of rotatable bonds is 7. The van der Waals surface area contributed by atoms with Crippen LogP contribution in [0.4, 0.5) is 36.3 Å². The van der Waals surface area contributed by atoms with Gasteiger partial charge in [-0.3, -0.25) is 0 Å². The molecule has 0 saturated heterocycles. The summed E-state index contributed by atoms with van der Waals surface area (Å²) < 4.78 is 61.9. The van der Waals surface area contributed by atoms with Crippen LogP contribution in [-0.4, -0.2) is 47.0 Å². The van der Waals surface area contributed by atoms with Crippen molar-refractivity contribution in [3.05, 3.63) is 60.0 Å². The fourth-order valence-corrected chi connectivity index (χ4v) is 3.42. The molecule has 33 heavy (non-hydrogen) atoms. The molecule has 0 saturated carbocycles. The van der Waals surface area contributed by atoms with Crippen LogP contribution in [0.3, 0.4) is 0 Å². The summed E-state index contributed by atoms with van der Waals surface area (Å²) in [5, 5.41) is 6.24. The second-order valence-electron chi connectivity index (χ2n) is 6.22. The number of nitrogens with zero attached hydrogens (tertiary/aromatic N) is 4. The van der Waals surface area contributed by atoms with E-state index < -0.39 is 27.1 Å². The number of hydrogen-bond acceptors (Lipinski definition) is 9. The van der Waals surface area contributed by atoms with Crippen molar-refractivity contribution < 1.29 is 31.2 Å². The quantitative estimate of drug-likeness (QED) is 0.465. The molecule has 0 atom stereocenters. The lowest BCUT2D eigenvalue weighted by Gasteiger charge is -2.17. The number of nitrogens with one attached hydrogen (secondary N) is 2. The molecule has 0 aliphatic rings. The lowest BCUT2D eigenvalue weighted by atomic mass is 10.3. The molecule has 2 aromatic heterocycles. The standard InChI is InChI=1S/C18H14ClF3N6O4S/c1-28(32-17(29)18(20,21)22)33(30,31)13-4-2-3-12(7-13)26-15-8-16(25-10-24-15)27-14-6-5-11(19)9-23-14/h2-10H,1H3,(H2,23,24,25,26,27). The van der Waals surface area contributed by atoms with Gasteiger partial charge in [-0.1, -0.05) is 17.7 Å². The number of halogens is 4. The van der Waals surface area contributed by atoms with Crippen LogP contribution in [0.2, 0.25) is 5.02 Å². The van der Waals surface area contributed by atoms with E-state index in [2.05, 4.69) is 30.4 Å². The summed E-state index contributed by atoms with van der Waals surface area (Å²) in [6.45, 7) is 0. The Labute approximate surface area is 190 Å². The topological polar surface area (TPSA) is 126 Å². The first kappa shape index (κ1) is 24.2. The molecule has 1 aromatic carbocycles. The summed E-state index contributed by atoms with van der Waals surface area (Å²) in [5.41, 5.74) is 0.237. The van der Waals surface area contributed by atoms with Gasteiger partial charge in [0, 0.05) is 25.0 Å². The van der Waals surface area contributed by atoms with Gasteiger partial charge < -0.3 is 15.5 Å². The van der Waals surface area contributed by atoms with Gasteiger partial charge >= 0.3 is 12.1 Å². The molecule has 15 heteroatoms. The van der Waals surface area contributed by atoms with E-state index in [0.717, 1.165) is 12.1 Å². The Hall–Kier alpha value is -3.49. The third-order valence-electron chi connectivity index (χ3n) is 3.84. The Morgan fingerprint density at radius 3 is 2.36 bits per heavy atom. The van der Waals surface area contributed by atoms with Crippen LogP contribution in [-0.2, 0) is 19.7 Å². The SMILES string of the molecule is CN(OC(=O)C(F)(F)F)S(=O)(=O)c1cccc(Nc2cc(Nc3ccc(Cl)cn3)ncn2)c1. The summed E-state index contributed by atoms with van der Waals surface area (Å²) in [7, 11) is -3.90. The van der Waals surface area contributed by atoms with Gasteiger partial charge in [0.2, 0.25) is 0 Å². The highest BCUT2D eigenvalue weighted by Crippen LogP contribution is 2.24. The number of pyridine rings is 1. The molecule has 0 aliphatic carbocycles. The van der Waals surface area contributed by atoms with Crippen LogP contribution >= 0.6 is 11.6 Å². The third kappa shape index (κ3) is 6.27. The summed E-state index contributed by atoms with van der Waals surface area (Å²) in [6.07, 6.45) is -2.67. The van der Waals surface area contributed by atoms with Crippen LogP contribution in [0.25, 0.3) is 0 Å². The number of hydroxylamine groups is 1. The molecule has 2 heterocycles. The Balaban J connectivity index is 1.76. The second kappa shape index (κ2) is 9.56. The second-order valence-corrected chi connectivity index (χ2v) is 8.59. The maximum Gasteiger partial charge on any atom is 0.492 e. The monoisotopic (exact) mass is 502 g/mol. The first-order chi connectivity index (χ1) is 15.4. The van der Waals surface area contributed by atoms with Crippen molar-refractivity contribution in [3.63, 3.8) is 0 Å². The van der Waals surface area contributed by atoms with E-state index in [1.807, 2.05) is 0 Å². The Kier molecular flexibility index (Phi) is 7.00. The highest BCUT2D eigenvalue weighted by Gasteiger charge is 2.43. The number of anilines is 4. The van der Waals surface area contributed by atoms with Crippen molar-refractivity contribution >= 4 is 50.7 Å². The Morgan fingerprint density at radius 1 is 1.03 bits per heavy atom. The molecule has 10 nitrogen and oxygen atoms in total. The lowest BCUT2D eigenvalue weighted by molar-refractivity contribution is -0.219. The fraction of sp³-hybridized carbons (Fsp3) is 0.111. The van der Waals surface area contributed by atoms with E-state index in [-0.39, 0.29) is 16.0 Å². The minimum Gasteiger partial charge on any atom is -0.345 e. The molecule has 3 rings (SSSR count). The Bertz CT molecular complexity index is 1260. The van der Waals surface area contributed by atoms with Crippen LogP contribution < -0.4 is 10.6 Å². The van der Waals surface area contributed by atoms with Gasteiger partial charge in [0.05, 0.1) is 9.92 Å². The van der Waals surface area contributed by atoms with E-state index in [4.69, 9.17) is 11.6 Å². The maximum atomic E-state index is 12.5. The van der Waals surface area contributed by atoms with Crippen molar-refractivity contribution in [1.82, 2.24) is 19.4 Å². The molecular weight excluding hydrogens is 489 g/mol. The first-order valence-electron chi connectivity index (χ1n) is 8.81. The van der Waals surface area contributed by atoms with Crippen molar-refractivity contribution in [1.29, 1.82) is 0 Å². The van der Waals surface area contributed by atoms with Gasteiger partial charge in [0.25, 0.3) is 10.0 Å². The van der Waals surface area contributed by atoms with Crippen molar-refractivity contribution in [3.8, 4) is 0 Å². The molecule has 0 amide bonds. The number of carbonyl (C=O) groups is 1. The molecule has 0 radical (unpaired) electrons. The van der Waals surface area contributed by atoms with Crippen molar-refractivity contribution in [2.75, 3.05) is 17.7 Å². The predicted molar refractivity (Wildman–Crippen MR) is 111 cm³/mol. The Morgan fingerprint density at radius 2 is 1.73 bits per heavy atom. The molecule has 3 aromatic rings. The highest BCUT2D eigenvalue weighted by molar-refractivity contribution is 7.89. The molecular formula is C18H14ClF3N6O4S. The number of hydrogen-bond donors (Lipinski definition) is 2. The number of carbonyl (C=O) groups excluding carboxylic acids is 1. The maximum absolute atomic E-state index is 12.5. The van der Waals surface area contributed by atoms with E-state index in [9.17, 15) is 26.4 Å². The minimum absolute atomic E-state index is 0.159. The molecule has 0 bridgehead atoms. The van der Waals surface area contributed by atoms with E-state index in [1.165, 1.54) is 30.7 Å². The zero-order chi connectivity index (χ0) is 24.2. The molecule has 0 aliphatic heterocycles. The number of sulfonamides is 1. The average Bonchev–Trinajstić information content (AvgIpc) is 2.75. The molecule has 0 fully saturated rings. The van der Waals surface area contributed by atoms with Gasteiger partial charge in [-0.25, -0.2) is 28.2 Å². The summed E-state index contributed by atoms with van der Waals surface area (Å²) in [4.78, 5) is 26.6. The van der Waals surface area contributed by atoms with E-state index >= 15 is 0 Å². The highest BCUT2D eigenvalue weighted by atomic mass is 35.5. The van der Waals surface area contributed by atoms with Gasteiger partial charge in [-0.2, -0.15) is 13.2 Å². The number of alkyl halides is 3. The van der Waals surface area contributed by atoms with Gasteiger partial charge in [0.15, 0.2) is 0 Å². The predicted octanol–water partition coefficient (Wildman–Crippen LogP) is 3.65. The van der Waals surface area contributed by atoms with Crippen LogP contribution in [0, 0.1) is 0 Å². The minimum atomic E-state index is -5.35. The third-order valence-corrected chi connectivity index (χ3v) is 5.66. The fourth-order valence-electron chi connectivity index (χ4n) is 2.32. The van der Waals surface area contributed by atoms with Crippen LogP contribution in [0.5, 0.6) is 0 Å². The molecule has 0 spiro atoms. The normalized spacial score (nSPS) is 11.8. The zero-order valence-electron chi connectivity index (χ0n) is 16.5. The van der Waals surface area contributed by atoms with Crippen molar-refractivity contribution in [2.45, 2.75) is 11.1 Å². The van der Waals surface area contributed by atoms with Crippen LogP contribution in [0.1, 0.15) is 0 Å². The van der Waals surface area contributed by atoms with Gasteiger partial charge in [-0.15, -0.1) is 0 Å². The van der Waals surface area contributed by atoms with Crippen LogP contribution in [0.15, 0.2) is 59.9 Å². The lowest BCUT2D eigenvalue weighted by Crippen LogP contribution is -2.36. The summed E-state index contributed by atoms with van der Waals surface area (Å²) in [6, 6.07) is 9.86. The van der Waals surface area contributed by atoms with Gasteiger partial charge in [-0.05, 0) is 34.8 Å². The smallest absolute Gasteiger partial charge is 0.345 e. The number of aromatic nitrogens is 3. The van der Waals surface area contributed by atoms with Gasteiger partial charge in [0.1, 0.15) is 23.8 Å². The summed E-state index contributed by atoms with van der Waals surface area (Å²) >= 11 is 5.79. The number of benzene rings is 1. The molecule has 174 valence electrons. The van der Waals surface area contributed by atoms with E-state index in [1.54, 1.807) is 12.1 Å². The largest absolute Gasteiger partial charge is 0.492 e. The summed E-state index contributed by atoms with van der Waals surface area (Å²) in [5.74, 6) is -1.56. The first-order valence-corrected chi connectivity index (χ1v) is 10.6. The zero-order valence-corrected chi connectivity index (χ0v) is 18.1. The average molecular weight is 503 g/mol. The van der Waals surface area contributed by atoms with Crippen molar-refractivity contribution in [2.24, 2.45) is 0 Å². The van der Waals surface area contributed by atoms with E-state index in [0.29, 0.717) is 23.7 Å². The molecule has 2 N–H and O–H groups in total. The molecule has 0 unspecified atom stereocenters.